The molecule has 6 heteroatoms. The molecule has 2 aromatic carbocycles. The Hall–Kier alpha value is -2.89. The summed E-state index contributed by atoms with van der Waals surface area (Å²) in [5.74, 6) is -1.49. The van der Waals surface area contributed by atoms with Crippen LogP contribution in [0.4, 0.5) is 4.39 Å². The Morgan fingerprint density at radius 3 is 2.62 bits per heavy atom. The summed E-state index contributed by atoms with van der Waals surface area (Å²) in [6, 6.07) is 11.8. The van der Waals surface area contributed by atoms with Gasteiger partial charge in [0, 0.05) is 0 Å². The smallest absolute Gasteiger partial charge is 0.420 e. The standard InChI is InChI=1S/C15H10FNO4/c16-10-5-7-11(8-6-10)20-14(18)9-17-12-3-1-2-4-13(12)21-15(17)19/h1-8H,9H2. The number of carbonyl (C=O) groups is 1. The van der Waals surface area contributed by atoms with Gasteiger partial charge in [-0.1, -0.05) is 12.1 Å². The van der Waals surface area contributed by atoms with E-state index in [1.165, 1.54) is 28.8 Å². The first kappa shape index (κ1) is 13.1. The second-order valence-electron chi connectivity index (χ2n) is 4.35. The highest BCUT2D eigenvalue weighted by atomic mass is 19.1. The molecule has 3 aromatic rings. The summed E-state index contributed by atoms with van der Waals surface area (Å²) in [6.45, 7) is -0.285. The minimum atomic E-state index is -0.643. The summed E-state index contributed by atoms with van der Waals surface area (Å²) >= 11 is 0. The minimum Gasteiger partial charge on any atom is -0.425 e. The van der Waals surface area contributed by atoms with Crippen molar-refractivity contribution in [1.82, 2.24) is 4.57 Å². The van der Waals surface area contributed by atoms with Gasteiger partial charge in [-0.05, 0) is 36.4 Å². The maximum absolute atomic E-state index is 12.8. The molecular weight excluding hydrogens is 277 g/mol. The van der Waals surface area contributed by atoms with Gasteiger partial charge in [0.1, 0.15) is 18.1 Å². The molecule has 0 bridgehead atoms. The number of rotatable bonds is 3. The van der Waals surface area contributed by atoms with E-state index in [-0.39, 0.29) is 12.3 Å². The van der Waals surface area contributed by atoms with Crippen molar-refractivity contribution in [3.05, 3.63) is 64.9 Å². The average Bonchev–Trinajstić information content (AvgIpc) is 2.78. The third-order valence-corrected chi connectivity index (χ3v) is 2.91. The van der Waals surface area contributed by atoms with E-state index < -0.39 is 17.5 Å². The first-order valence-corrected chi connectivity index (χ1v) is 6.18. The second-order valence-corrected chi connectivity index (χ2v) is 4.35. The Bertz CT molecular complexity index is 848. The molecular formula is C15H10FNO4. The van der Waals surface area contributed by atoms with E-state index in [1.807, 2.05) is 0 Å². The predicted molar refractivity (Wildman–Crippen MR) is 72.5 cm³/mol. The first-order valence-electron chi connectivity index (χ1n) is 6.18. The lowest BCUT2D eigenvalue weighted by molar-refractivity contribution is -0.135. The van der Waals surface area contributed by atoms with Crippen LogP contribution in [0.15, 0.2) is 57.7 Å². The van der Waals surface area contributed by atoms with Gasteiger partial charge >= 0.3 is 11.7 Å². The third-order valence-electron chi connectivity index (χ3n) is 2.91. The maximum atomic E-state index is 12.8. The van der Waals surface area contributed by atoms with Crippen molar-refractivity contribution >= 4 is 17.1 Å². The van der Waals surface area contributed by atoms with Crippen molar-refractivity contribution in [2.24, 2.45) is 0 Å². The van der Waals surface area contributed by atoms with Gasteiger partial charge in [-0.2, -0.15) is 0 Å². The summed E-state index contributed by atoms with van der Waals surface area (Å²) in [4.78, 5) is 23.6. The molecule has 0 spiro atoms. The Morgan fingerprint density at radius 1 is 1.14 bits per heavy atom. The van der Waals surface area contributed by atoms with Crippen LogP contribution in [-0.4, -0.2) is 10.5 Å². The number of para-hydroxylation sites is 2. The van der Waals surface area contributed by atoms with Crippen molar-refractivity contribution in [3.8, 4) is 5.75 Å². The van der Waals surface area contributed by atoms with Gasteiger partial charge in [0.2, 0.25) is 0 Å². The van der Waals surface area contributed by atoms with Gasteiger partial charge in [-0.15, -0.1) is 0 Å². The number of aromatic nitrogens is 1. The fraction of sp³-hybridized carbons (Fsp3) is 0.0667. The molecule has 1 aromatic heterocycles. The summed E-state index contributed by atoms with van der Waals surface area (Å²) in [6.07, 6.45) is 0. The fourth-order valence-electron chi connectivity index (χ4n) is 1.96. The van der Waals surface area contributed by atoms with Crippen LogP contribution < -0.4 is 10.5 Å². The monoisotopic (exact) mass is 287 g/mol. The summed E-state index contributed by atoms with van der Waals surface area (Å²) < 4.78 is 24.0. The van der Waals surface area contributed by atoms with E-state index in [9.17, 15) is 14.0 Å². The molecule has 0 N–H and O–H groups in total. The SMILES string of the molecule is O=C(Cn1c(=O)oc2ccccc21)Oc1ccc(F)cc1. The Labute approximate surface area is 118 Å². The van der Waals surface area contributed by atoms with Gasteiger partial charge in [0.25, 0.3) is 0 Å². The van der Waals surface area contributed by atoms with E-state index >= 15 is 0 Å². The lowest BCUT2D eigenvalue weighted by atomic mass is 10.3. The highest BCUT2D eigenvalue weighted by molar-refractivity contribution is 5.77. The number of ether oxygens (including phenoxy) is 1. The highest BCUT2D eigenvalue weighted by Crippen LogP contribution is 2.14. The molecule has 0 aliphatic carbocycles. The topological polar surface area (TPSA) is 61.4 Å². The number of nitrogens with zero attached hydrogens (tertiary/aromatic N) is 1. The van der Waals surface area contributed by atoms with Crippen LogP contribution in [0.3, 0.4) is 0 Å². The zero-order valence-electron chi connectivity index (χ0n) is 10.8. The molecule has 0 atom stereocenters. The number of hydrogen-bond acceptors (Lipinski definition) is 4. The van der Waals surface area contributed by atoms with Crippen molar-refractivity contribution in [2.45, 2.75) is 6.54 Å². The van der Waals surface area contributed by atoms with E-state index in [2.05, 4.69) is 0 Å². The van der Waals surface area contributed by atoms with E-state index in [4.69, 9.17) is 9.15 Å². The van der Waals surface area contributed by atoms with Crippen LogP contribution in [0, 0.1) is 5.82 Å². The lowest BCUT2D eigenvalue weighted by Crippen LogP contribution is -2.23. The zero-order chi connectivity index (χ0) is 14.8. The first-order chi connectivity index (χ1) is 10.1. The second kappa shape index (κ2) is 5.24. The van der Waals surface area contributed by atoms with Crippen molar-refractivity contribution in [1.29, 1.82) is 0 Å². The molecule has 0 saturated carbocycles. The van der Waals surface area contributed by atoms with Crippen LogP contribution in [-0.2, 0) is 11.3 Å². The van der Waals surface area contributed by atoms with Crippen LogP contribution in [0.2, 0.25) is 0 Å². The molecule has 0 aliphatic rings. The van der Waals surface area contributed by atoms with Crippen LogP contribution >= 0.6 is 0 Å². The molecule has 5 nitrogen and oxygen atoms in total. The summed E-state index contributed by atoms with van der Waals surface area (Å²) in [5.41, 5.74) is 0.913. The molecule has 0 amide bonds. The number of carbonyl (C=O) groups excluding carboxylic acids is 1. The average molecular weight is 287 g/mol. The van der Waals surface area contributed by atoms with Gasteiger partial charge in [0.05, 0.1) is 5.52 Å². The number of hydrogen-bond donors (Lipinski definition) is 0. The predicted octanol–water partition coefficient (Wildman–Crippen LogP) is 2.34. The molecule has 1 heterocycles. The van der Waals surface area contributed by atoms with Gasteiger partial charge in [-0.3, -0.25) is 4.57 Å². The Balaban J connectivity index is 1.82. The fourth-order valence-corrected chi connectivity index (χ4v) is 1.96. The zero-order valence-corrected chi connectivity index (χ0v) is 10.8. The van der Waals surface area contributed by atoms with E-state index in [0.717, 1.165) is 0 Å². The number of halogens is 1. The minimum absolute atomic E-state index is 0.210. The molecule has 0 saturated heterocycles. The largest absolute Gasteiger partial charge is 0.425 e. The van der Waals surface area contributed by atoms with Gasteiger partial charge in [0.15, 0.2) is 5.58 Å². The number of fused-ring (bicyclic) bond motifs is 1. The number of benzene rings is 2. The van der Waals surface area contributed by atoms with Crippen LogP contribution in [0.1, 0.15) is 0 Å². The molecule has 21 heavy (non-hydrogen) atoms. The van der Waals surface area contributed by atoms with Gasteiger partial charge in [-0.25, -0.2) is 14.0 Å². The lowest BCUT2D eigenvalue weighted by Gasteiger charge is -2.04. The van der Waals surface area contributed by atoms with Crippen molar-refractivity contribution in [3.63, 3.8) is 0 Å². The molecule has 106 valence electrons. The molecule has 3 rings (SSSR count). The Morgan fingerprint density at radius 2 is 1.86 bits per heavy atom. The third kappa shape index (κ3) is 2.69. The number of oxazole rings is 1. The molecule has 0 fully saturated rings. The quantitative estimate of drug-likeness (QED) is 0.548. The summed E-state index contributed by atoms with van der Waals surface area (Å²) in [7, 11) is 0. The van der Waals surface area contributed by atoms with Gasteiger partial charge < -0.3 is 9.15 Å². The van der Waals surface area contributed by atoms with Crippen LogP contribution in [0.25, 0.3) is 11.1 Å². The maximum Gasteiger partial charge on any atom is 0.420 e. The molecule has 0 radical (unpaired) electrons. The number of esters is 1. The highest BCUT2D eigenvalue weighted by Gasteiger charge is 2.13. The molecule has 0 aliphatic heterocycles. The normalized spacial score (nSPS) is 10.7. The Kier molecular flexibility index (Phi) is 3.27. The van der Waals surface area contributed by atoms with E-state index in [1.54, 1.807) is 24.3 Å². The summed E-state index contributed by atoms with van der Waals surface area (Å²) in [5, 5.41) is 0. The van der Waals surface area contributed by atoms with Crippen LogP contribution in [0.5, 0.6) is 5.75 Å². The molecule has 0 unspecified atom stereocenters. The van der Waals surface area contributed by atoms with E-state index in [0.29, 0.717) is 11.1 Å². The van der Waals surface area contributed by atoms with Crippen molar-refractivity contribution in [2.75, 3.05) is 0 Å². The van der Waals surface area contributed by atoms with Crippen molar-refractivity contribution < 1.29 is 18.3 Å².